The number of carbonyl (C=O) groups is 1. The number of rotatable bonds is 4. The molecule has 1 aromatic rings. The Bertz CT molecular complexity index is 500. The molecule has 6 nitrogen and oxygen atoms in total. The van der Waals surface area contributed by atoms with Gasteiger partial charge in [-0.1, -0.05) is 6.92 Å². The Morgan fingerprint density at radius 1 is 1.36 bits per heavy atom. The molecule has 0 bridgehead atoms. The third kappa shape index (κ3) is 3.87. The molecule has 122 valence electrons. The van der Waals surface area contributed by atoms with Crippen molar-refractivity contribution in [1.82, 2.24) is 20.6 Å². The van der Waals surface area contributed by atoms with Gasteiger partial charge in [0.05, 0.1) is 5.92 Å². The van der Waals surface area contributed by atoms with Crippen molar-refractivity contribution in [1.29, 1.82) is 0 Å². The molecule has 3 rings (SSSR count). The summed E-state index contributed by atoms with van der Waals surface area (Å²) in [6, 6.07) is 2.38. The highest BCUT2D eigenvalue weighted by Gasteiger charge is 2.28. The minimum Gasteiger partial charge on any atom is -0.356 e. The van der Waals surface area contributed by atoms with Crippen LogP contribution >= 0.6 is 12.4 Å². The standard InChI is InChI=1S/C15H23N5O.ClH/c1-2-12-7-14(18-10-17-12)20-5-3-13(4-6-20)19-15(21)11-8-16-9-11;/h7,10-11,13,16H,2-6,8-9H2,1H3,(H,19,21);1H. The van der Waals surface area contributed by atoms with E-state index in [0.717, 1.165) is 57.0 Å². The molecule has 0 radical (unpaired) electrons. The predicted octanol–water partition coefficient (Wildman–Crippen LogP) is 0.765. The molecule has 0 saturated carbocycles. The van der Waals surface area contributed by atoms with Gasteiger partial charge in [0.2, 0.25) is 5.91 Å². The highest BCUT2D eigenvalue weighted by molar-refractivity contribution is 5.85. The van der Waals surface area contributed by atoms with Gasteiger partial charge in [0.25, 0.3) is 0 Å². The number of carbonyl (C=O) groups excluding carboxylic acids is 1. The molecule has 22 heavy (non-hydrogen) atoms. The monoisotopic (exact) mass is 325 g/mol. The molecule has 0 unspecified atom stereocenters. The van der Waals surface area contributed by atoms with Gasteiger partial charge in [-0.25, -0.2) is 9.97 Å². The van der Waals surface area contributed by atoms with Crippen molar-refractivity contribution in [3.05, 3.63) is 18.1 Å². The van der Waals surface area contributed by atoms with Crippen LogP contribution < -0.4 is 15.5 Å². The van der Waals surface area contributed by atoms with Crippen LogP contribution in [0.15, 0.2) is 12.4 Å². The Morgan fingerprint density at radius 2 is 2.09 bits per heavy atom. The first kappa shape index (κ1) is 17.0. The average Bonchev–Trinajstić information content (AvgIpc) is 2.46. The van der Waals surface area contributed by atoms with Gasteiger partial charge < -0.3 is 15.5 Å². The van der Waals surface area contributed by atoms with E-state index >= 15 is 0 Å². The van der Waals surface area contributed by atoms with Crippen molar-refractivity contribution in [3.63, 3.8) is 0 Å². The first-order chi connectivity index (χ1) is 10.3. The lowest BCUT2D eigenvalue weighted by Gasteiger charge is -2.35. The smallest absolute Gasteiger partial charge is 0.225 e. The second-order valence-corrected chi connectivity index (χ2v) is 5.85. The van der Waals surface area contributed by atoms with E-state index in [9.17, 15) is 4.79 Å². The maximum Gasteiger partial charge on any atom is 0.225 e. The van der Waals surface area contributed by atoms with E-state index < -0.39 is 0 Å². The largest absolute Gasteiger partial charge is 0.356 e. The topological polar surface area (TPSA) is 70.2 Å². The van der Waals surface area contributed by atoms with Crippen LogP contribution in [0.3, 0.4) is 0 Å². The van der Waals surface area contributed by atoms with Gasteiger partial charge in [0.1, 0.15) is 12.1 Å². The maximum absolute atomic E-state index is 11.9. The summed E-state index contributed by atoms with van der Waals surface area (Å²) in [4.78, 5) is 22.8. The minimum atomic E-state index is 0. The fourth-order valence-corrected chi connectivity index (χ4v) is 2.80. The maximum atomic E-state index is 11.9. The fraction of sp³-hybridized carbons (Fsp3) is 0.667. The van der Waals surface area contributed by atoms with Crippen LogP contribution in [0.25, 0.3) is 0 Å². The third-order valence-corrected chi connectivity index (χ3v) is 4.39. The summed E-state index contributed by atoms with van der Waals surface area (Å²) in [7, 11) is 0. The van der Waals surface area contributed by atoms with Crippen molar-refractivity contribution in [2.24, 2.45) is 5.92 Å². The zero-order valence-electron chi connectivity index (χ0n) is 12.9. The first-order valence-corrected chi connectivity index (χ1v) is 7.83. The van der Waals surface area contributed by atoms with E-state index in [4.69, 9.17) is 0 Å². The molecule has 3 heterocycles. The van der Waals surface area contributed by atoms with Crippen LogP contribution in [-0.4, -0.2) is 48.1 Å². The van der Waals surface area contributed by atoms with Crippen molar-refractivity contribution < 1.29 is 4.79 Å². The molecular formula is C15H24ClN5O. The van der Waals surface area contributed by atoms with E-state index in [2.05, 4.69) is 38.5 Å². The zero-order valence-corrected chi connectivity index (χ0v) is 13.7. The fourth-order valence-electron chi connectivity index (χ4n) is 2.80. The van der Waals surface area contributed by atoms with E-state index in [1.807, 2.05) is 0 Å². The quantitative estimate of drug-likeness (QED) is 0.855. The Morgan fingerprint density at radius 3 is 2.68 bits per heavy atom. The number of halogens is 1. The number of anilines is 1. The van der Waals surface area contributed by atoms with E-state index in [-0.39, 0.29) is 24.2 Å². The Kier molecular flexibility index (Phi) is 5.97. The molecule has 2 fully saturated rings. The lowest BCUT2D eigenvalue weighted by molar-refractivity contribution is -0.127. The van der Waals surface area contributed by atoms with Crippen LogP contribution in [-0.2, 0) is 11.2 Å². The van der Waals surface area contributed by atoms with Gasteiger partial charge in [0, 0.05) is 44.0 Å². The number of aromatic nitrogens is 2. The summed E-state index contributed by atoms with van der Waals surface area (Å²) in [6.45, 7) is 5.63. The number of amides is 1. The van der Waals surface area contributed by atoms with Crippen molar-refractivity contribution >= 4 is 24.1 Å². The molecule has 7 heteroatoms. The van der Waals surface area contributed by atoms with Gasteiger partial charge in [-0.3, -0.25) is 4.79 Å². The summed E-state index contributed by atoms with van der Waals surface area (Å²) in [5.74, 6) is 1.40. The first-order valence-electron chi connectivity index (χ1n) is 7.83. The van der Waals surface area contributed by atoms with Gasteiger partial charge in [-0.2, -0.15) is 0 Å². The third-order valence-electron chi connectivity index (χ3n) is 4.39. The molecule has 1 aromatic heterocycles. The Balaban J connectivity index is 0.00000176. The lowest BCUT2D eigenvalue weighted by Crippen LogP contribution is -2.54. The normalized spacial score (nSPS) is 19.2. The number of hydrogen-bond acceptors (Lipinski definition) is 5. The zero-order chi connectivity index (χ0) is 14.7. The second kappa shape index (κ2) is 7.74. The average molecular weight is 326 g/mol. The Labute approximate surface area is 137 Å². The van der Waals surface area contributed by atoms with Gasteiger partial charge in [-0.05, 0) is 19.3 Å². The summed E-state index contributed by atoms with van der Waals surface area (Å²) in [5.41, 5.74) is 1.08. The number of nitrogens with one attached hydrogen (secondary N) is 2. The van der Waals surface area contributed by atoms with E-state index in [1.165, 1.54) is 0 Å². The van der Waals surface area contributed by atoms with Crippen LogP contribution in [0, 0.1) is 5.92 Å². The van der Waals surface area contributed by atoms with Crippen molar-refractivity contribution in [2.45, 2.75) is 32.2 Å². The molecule has 0 aromatic carbocycles. The molecular weight excluding hydrogens is 302 g/mol. The van der Waals surface area contributed by atoms with Crippen molar-refractivity contribution in [2.75, 3.05) is 31.1 Å². The van der Waals surface area contributed by atoms with Crippen LogP contribution in [0.5, 0.6) is 0 Å². The molecule has 2 saturated heterocycles. The summed E-state index contributed by atoms with van der Waals surface area (Å²) >= 11 is 0. The molecule has 2 N–H and O–H groups in total. The highest BCUT2D eigenvalue weighted by atomic mass is 35.5. The molecule has 0 spiro atoms. The van der Waals surface area contributed by atoms with E-state index in [1.54, 1.807) is 6.33 Å². The minimum absolute atomic E-state index is 0. The SMILES string of the molecule is CCc1cc(N2CCC(NC(=O)C3CNC3)CC2)ncn1.Cl. The number of piperidine rings is 1. The second-order valence-electron chi connectivity index (χ2n) is 5.85. The predicted molar refractivity (Wildman–Crippen MR) is 88.4 cm³/mol. The van der Waals surface area contributed by atoms with Gasteiger partial charge in [-0.15, -0.1) is 12.4 Å². The summed E-state index contributed by atoms with van der Waals surface area (Å²) in [6.07, 6.45) is 4.54. The molecule has 1 amide bonds. The molecule has 2 aliphatic heterocycles. The van der Waals surface area contributed by atoms with Gasteiger partial charge >= 0.3 is 0 Å². The molecule has 2 aliphatic rings. The highest BCUT2D eigenvalue weighted by Crippen LogP contribution is 2.18. The summed E-state index contributed by atoms with van der Waals surface area (Å²) < 4.78 is 0. The summed E-state index contributed by atoms with van der Waals surface area (Å²) in [5, 5.41) is 6.31. The van der Waals surface area contributed by atoms with Crippen molar-refractivity contribution in [3.8, 4) is 0 Å². The van der Waals surface area contributed by atoms with Gasteiger partial charge in [0.15, 0.2) is 0 Å². The van der Waals surface area contributed by atoms with Crippen LogP contribution in [0.4, 0.5) is 5.82 Å². The number of aryl methyl sites for hydroxylation is 1. The lowest BCUT2D eigenvalue weighted by atomic mass is 9.99. The van der Waals surface area contributed by atoms with Crippen LogP contribution in [0.1, 0.15) is 25.5 Å². The number of nitrogens with zero attached hydrogens (tertiary/aromatic N) is 3. The molecule has 0 aliphatic carbocycles. The Hall–Kier alpha value is -1.40. The van der Waals surface area contributed by atoms with E-state index in [0.29, 0.717) is 6.04 Å². The molecule has 0 atom stereocenters. The number of hydrogen-bond donors (Lipinski definition) is 2. The van der Waals surface area contributed by atoms with Crippen LogP contribution in [0.2, 0.25) is 0 Å².